The van der Waals surface area contributed by atoms with Crippen molar-refractivity contribution >= 4 is 12.1 Å². The van der Waals surface area contributed by atoms with E-state index in [4.69, 9.17) is 4.84 Å². The maximum Gasteiger partial charge on any atom is 0.238 e. The summed E-state index contributed by atoms with van der Waals surface area (Å²) in [7, 11) is 0. The van der Waals surface area contributed by atoms with E-state index < -0.39 is 5.60 Å². The molecule has 1 amide bonds. The van der Waals surface area contributed by atoms with Crippen molar-refractivity contribution in [3.63, 3.8) is 0 Å². The Morgan fingerprint density at radius 3 is 2.53 bits per heavy atom. The number of carbonyl (C=O) groups is 1. The molecule has 0 aromatic heterocycles. The number of amides is 1. The number of nitrogens with zero attached hydrogens (tertiary/aromatic N) is 1. The molecule has 0 saturated carbocycles. The van der Waals surface area contributed by atoms with E-state index in [1.54, 1.807) is 12.1 Å². The second-order valence-electron chi connectivity index (χ2n) is 4.30. The third kappa shape index (κ3) is 3.72. The van der Waals surface area contributed by atoms with Crippen molar-refractivity contribution in [2.24, 2.45) is 0 Å². The summed E-state index contributed by atoms with van der Waals surface area (Å²) in [5.41, 5.74) is 1.13. The minimum absolute atomic E-state index is 0.405. The Hall–Kier alpha value is -1.35. The molecular weight excluding hydrogens is 190 g/mol. The molecule has 3 nitrogen and oxygen atoms in total. The topological polar surface area (TPSA) is 29.5 Å². The van der Waals surface area contributed by atoms with Gasteiger partial charge in [0.15, 0.2) is 0 Å². The molecule has 15 heavy (non-hydrogen) atoms. The van der Waals surface area contributed by atoms with E-state index >= 15 is 0 Å². The van der Waals surface area contributed by atoms with E-state index in [0.29, 0.717) is 12.1 Å². The number of hydrogen-bond donors (Lipinski definition) is 0. The average molecular weight is 206 g/mol. The standard InChI is InChI=1S/C12H16NO2/c1-10-6-5-7-11(8-10)13(9-14)15-12(2,3)4/h5-9H,1H2,2-4H3. The fraction of sp³-hybridized carbons (Fsp3) is 0.333. The zero-order valence-electron chi connectivity index (χ0n) is 9.36. The van der Waals surface area contributed by atoms with Gasteiger partial charge < -0.3 is 0 Å². The van der Waals surface area contributed by atoms with Crippen molar-refractivity contribution in [3.8, 4) is 0 Å². The van der Waals surface area contributed by atoms with Gasteiger partial charge in [-0.2, -0.15) is 5.06 Å². The van der Waals surface area contributed by atoms with Crippen LogP contribution in [0.2, 0.25) is 0 Å². The molecule has 0 aliphatic rings. The summed E-state index contributed by atoms with van der Waals surface area (Å²) in [6.45, 7) is 9.46. The van der Waals surface area contributed by atoms with Crippen molar-refractivity contribution in [1.29, 1.82) is 0 Å². The summed E-state index contributed by atoms with van der Waals surface area (Å²) in [6.07, 6.45) is 0.653. The van der Waals surface area contributed by atoms with Gasteiger partial charge in [-0.05, 0) is 45.4 Å². The SMILES string of the molecule is [CH2]c1cccc(N(C=O)OC(C)(C)C)c1. The van der Waals surface area contributed by atoms with Crippen LogP contribution in [0.5, 0.6) is 0 Å². The highest BCUT2D eigenvalue weighted by Crippen LogP contribution is 2.19. The van der Waals surface area contributed by atoms with Gasteiger partial charge >= 0.3 is 0 Å². The number of rotatable bonds is 3. The zero-order valence-corrected chi connectivity index (χ0v) is 9.36. The Kier molecular flexibility index (Phi) is 3.48. The fourth-order valence-corrected chi connectivity index (χ4v) is 1.12. The molecule has 0 heterocycles. The number of anilines is 1. The maximum absolute atomic E-state index is 10.9. The van der Waals surface area contributed by atoms with Crippen molar-refractivity contribution in [3.05, 3.63) is 36.8 Å². The van der Waals surface area contributed by atoms with Crippen LogP contribution in [0.15, 0.2) is 24.3 Å². The second kappa shape index (κ2) is 4.45. The van der Waals surface area contributed by atoms with Gasteiger partial charge in [0.05, 0.1) is 11.3 Å². The molecule has 0 bridgehead atoms. The van der Waals surface area contributed by atoms with Crippen molar-refractivity contribution in [2.45, 2.75) is 26.4 Å². The van der Waals surface area contributed by atoms with Gasteiger partial charge in [-0.3, -0.25) is 9.63 Å². The van der Waals surface area contributed by atoms with Gasteiger partial charge in [-0.25, -0.2) is 0 Å². The average Bonchev–Trinajstić information content (AvgIpc) is 2.13. The van der Waals surface area contributed by atoms with Gasteiger partial charge in [0.2, 0.25) is 6.41 Å². The highest BCUT2D eigenvalue weighted by molar-refractivity contribution is 5.72. The first-order chi connectivity index (χ1) is 6.92. The Morgan fingerprint density at radius 1 is 1.40 bits per heavy atom. The molecule has 1 radical (unpaired) electrons. The molecule has 1 aromatic carbocycles. The van der Waals surface area contributed by atoms with Crippen LogP contribution < -0.4 is 5.06 Å². The van der Waals surface area contributed by atoms with Crippen LogP contribution >= 0.6 is 0 Å². The number of carbonyl (C=O) groups excluding carboxylic acids is 1. The second-order valence-corrected chi connectivity index (χ2v) is 4.30. The molecule has 1 rings (SSSR count). The van der Waals surface area contributed by atoms with Crippen LogP contribution in [0, 0.1) is 6.92 Å². The highest BCUT2D eigenvalue weighted by atomic mass is 16.7. The molecule has 0 spiro atoms. The number of hydrogen-bond acceptors (Lipinski definition) is 2. The van der Waals surface area contributed by atoms with E-state index in [0.717, 1.165) is 5.56 Å². The van der Waals surface area contributed by atoms with Crippen LogP contribution in [-0.4, -0.2) is 12.0 Å². The molecule has 81 valence electrons. The quantitative estimate of drug-likeness (QED) is 0.562. The Morgan fingerprint density at radius 2 is 2.07 bits per heavy atom. The third-order valence-electron chi connectivity index (χ3n) is 1.63. The minimum atomic E-state index is -0.405. The lowest BCUT2D eigenvalue weighted by molar-refractivity contribution is -0.120. The molecule has 1 aromatic rings. The van der Waals surface area contributed by atoms with E-state index in [2.05, 4.69) is 6.92 Å². The molecule has 0 fully saturated rings. The highest BCUT2D eigenvalue weighted by Gasteiger charge is 2.17. The molecule has 0 aliphatic heterocycles. The first-order valence-electron chi connectivity index (χ1n) is 4.78. The van der Waals surface area contributed by atoms with Crippen LogP contribution in [0.3, 0.4) is 0 Å². The zero-order chi connectivity index (χ0) is 11.5. The van der Waals surface area contributed by atoms with Crippen molar-refractivity contribution < 1.29 is 9.63 Å². The Balaban J connectivity index is 2.88. The molecule has 0 unspecified atom stereocenters. The summed E-state index contributed by atoms with van der Waals surface area (Å²) in [5.74, 6) is 0. The van der Waals surface area contributed by atoms with E-state index in [1.165, 1.54) is 5.06 Å². The summed E-state index contributed by atoms with van der Waals surface area (Å²) >= 11 is 0. The van der Waals surface area contributed by atoms with Crippen LogP contribution in [0.1, 0.15) is 26.3 Å². The van der Waals surface area contributed by atoms with Gasteiger partial charge in [-0.1, -0.05) is 12.1 Å². The van der Waals surface area contributed by atoms with Crippen LogP contribution in [-0.2, 0) is 9.63 Å². The Bertz CT molecular complexity index is 342. The molecule has 0 aliphatic carbocycles. The number of hydroxylamine groups is 1. The van der Waals surface area contributed by atoms with Gasteiger partial charge in [0.1, 0.15) is 0 Å². The molecular formula is C12H16NO2. The van der Waals surface area contributed by atoms with E-state index in [-0.39, 0.29) is 0 Å². The largest absolute Gasteiger partial charge is 0.276 e. The van der Waals surface area contributed by atoms with E-state index in [1.807, 2.05) is 32.9 Å². The third-order valence-corrected chi connectivity index (χ3v) is 1.63. The normalized spacial score (nSPS) is 11.2. The summed E-state index contributed by atoms with van der Waals surface area (Å²) in [5, 5.41) is 1.22. The lowest BCUT2D eigenvalue weighted by Gasteiger charge is -2.26. The molecule has 0 N–H and O–H groups in total. The number of benzene rings is 1. The first-order valence-corrected chi connectivity index (χ1v) is 4.78. The van der Waals surface area contributed by atoms with Crippen molar-refractivity contribution in [2.75, 3.05) is 5.06 Å². The Labute approximate surface area is 90.6 Å². The maximum atomic E-state index is 10.9. The summed E-state index contributed by atoms with van der Waals surface area (Å²) in [6, 6.07) is 7.29. The van der Waals surface area contributed by atoms with Gasteiger partial charge in [-0.15, -0.1) is 0 Å². The van der Waals surface area contributed by atoms with Gasteiger partial charge in [0, 0.05) is 0 Å². The molecule has 0 atom stereocenters. The summed E-state index contributed by atoms with van der Waals surface area (Å²) < 4.78 is 0. The monoisotopic (exact) mass is 206 g/mol. The van der Waals surface area contributed by atoms with Crippen molar-refractivity contribution in [1.82, 2.24) is 0 Å². The predicted octanol–water partition coefficient (Wildman–Crippen LogP) is 2.56. The first kappa shape index (κ1) is 11.7. The predicted molar refractivity (Wildman–Crippen MR) is 60.3 cm³/mol. The summed E-state index contributed by atoms with van der Waals surface area (Å²) in [4.78, 5) is 16.3. The smallest absolute Gasteiger partial charge is 0.238 e. The van der Waals surface area contributed by atoms with E-state index in [9.17, 15) is 4.79 Å². The van der Waals surface area contributed by atoms with Crippen LogP contribution in [0.25, 0.3) is 0 Å². The lowest BCUT2D eigenvalue weighted by atomic mass is 10.2. The molecule has 0 saturated heterocycles. The minimum Gasteiger partial charge on any atom is -0.276 e. The van der Waals surface area contributed by atoms with Crippen LogP contribution in [0.4, 0.5) is 5.69 Å². The fourth-order valence-electron chi connectivity index (χ4n) is 1.12. The molecule has 3 heteroatoms. The lowest BCUT2D eigenvalue weighted by Crippen LogP contribution is -2.33. The van der Waals surface area contributed by atoms with Gasteiger partial charge in [0.25, 0.3) is 0 Å².